The van der Waals surface area contributed by atoms with E-state index in [1.165, 1.54) is 89.2 Å². The number of nitrogens with one attached hydrogen (secondary N) is 1. The van der Waals surface area contributed by atoms with Gasteiger partial charge in [0.05, 0.1) is 22.4 Å². The molecule has 0 radical (unpaired) electrons. The van der Waals surface area contributed by atoms with E-state index in [1.807, 2.05) is 18.2 Å². The Bertz CT molecular complexity index is 985. The van der Waals surface area contributed by atoms with Gasteiger partial charge in [0.1, 0.15) is 10.1 Å². The van der Waals surface area contributed by atoms with Crippen molar-refractivity contribution in [2.24, 2.45) is 0 Å². The van der Waals surface area contributed by atoms with Crippen LogP contribution in [0.25, 0.3) is 0 Å². The van der Waals surface area contributed by atoms with Crippen LogP contribution in [0.1, 0.15) is 102 Å². The largest absolute Gasteiger partial charge is 1.00 e. The summed E-state index contributed by atoms with van der Waals surface area (Å²) in [6.07, 6.45) is 18.4. The molecular weight excluding hydrogens is 479 g/mol. The van der Waals surface area contributed by atoms with Gasteiger partial charge in [0.25, 0.3) is 0 Å². The monoisotopic (exact) mass is 522 g/mol. The molecule has 1 N–H and O–H groups in total. The van der Waals surface area contributed by atoms with Crippen molar-refractivity contribution in [2.45, 2.75) is 114 Å². The first-order valence-corrected chi connectivity index (χ1v) is 15.1. The maximum absolute atomic E-state index is 11.6. The van der Waals surface area contributed by atoms with Crippen molar-refractivity contribution in [2.75, 3.05) is 10.2 Å². The number of anilines is 2. The van der Waals surface area contributed by atoms with Gasteiger partial charge in [-0.1, -0.05) is 114 Å². The minimum absolute atomic E-state index is 0. The molecule has 1 aliphatic heterocycles. The topological polar surface area (TPSA) is 72.5 Å². The van der Waals surface area contributed by atoms with Gasteiger partial charge >= 0.3 is 29.6 Å². The fourth-order valence-electron chi connectivity index (χ4n) is 5.01. The summed E-state index contributed by atoms with van der Waals surface area (Å²) >= 11 is 0. The van der Waals surface area contributed by atoms with Crippen LogP contribution in [-0.4, -0.2) is 19.1 Å². The zero-order chi connectivity index (χ0) is 24.9. The summed E-state index contributed by atoms with van der Waals surface area (Å²) in [4.78, 5) is 2.04. The molecule has 0 aromatic heterocycles. The third kappa shape index (κ3) is 10.4. The number of rotatable bonds is 17. The third-order valence-electron chi connectivity index (χ3n) is 7.04. The molecule has 36 heavy (non-hydrogen) atoms. The summed E-state index contributed by atoms with van der Waals surface area (Å²) in [5, 5.41) is 3.56. The number of nitrogens with zero attached hydrogens (tertiary/aromatic N) is 1. The Morgan fingerprint density at radius 2 is 1.36 bits per heavy atom. The van der Waals surface area contributed by atoms with Crippen LogP contribution in [0.3, 0.4) is 0 Å². The van der Waals surface area contributed by atoms with Gasteiger partial charge in [0.15, 0.2) is 0 Å². The molecule has 0 bridgehead atoms. The van der Waals surface area contributed by atoms with Crippen LogP contribution in [0.4, 0.5) is 11.4 Å². The standard InChI is InChI=1S/C29H44N2O3S.Na/c1-2-3-4-5-6-7-8-9-10-11-12-13-17-20-29-30-27-22-21-26(35(32,33)34)23-28(27)31(29)24-25-18-15-14-16-19-25;/h14-16,18-19,21-23,29-30H,2-13,17,20,24H2,1H3,(H,32,33,34);/q;+1/p-1. The molecule has 0 saturated heterocycles. The second kappa shape index (κ2) is 16.7. The zero-order valence-corrected chi connectivity index (χ0v) is 25.2. The normalized spacial score (nSPS) is 14.8. The third-order valence-corrected chi connectivity index (χ3v) is 7.87. The molecule has 1 atom stereocenters. The first-order valence-electron chi connectivity index (χ1n) is 13.7. The van der Waals surface area contributed by atoms with E-state index < -0.39 is 10.1 Å². The van der Waals surface area contributed by atoms with Gasteiger partial charge in [-0.25, -0.2) is 8.42 Å². The first kappa shape index (κ1) is 31.2. The molecule has 194 valence electrons. The molecule has 0 aliphatic carbocycles. The molecule has 7 heteroatoms. The van der Waals surface area contributed by atoms with E-state index in [-0.39, 0.29) is 40.6 Å². The predicted molar refractivity (Wildman–Crippen MR) is 145 cm³/mol. The van der Waals surface area contributed by atoms with Crippen molar-refractivity contribution in [1.82, 2.24) is 0 Å². The molecule has 3 rings (SSSR count). The molecule has 0 fully saturated rings. The molecule has 1 aliphatic rings. The minimum Gasteiger partial charge on any atom is -0.744 e. The second-order valence-corrected chi connectivity index (χ2v) is 11.3. The van der Waals surface area contributed by atoms with Gasteiger partial charge in [-0.15, -0.1) is 0 Å². The molecule has 2 aromatic rings. The molecule has 1 heterocycles. The maximum Gasteiger partial charge on any atom is 1.00 e. The van der Waals surface area contributed by atoms with Crippen molar-refractivity contribution in [3.63, 3.8) is 0 Å². The summed E-state index contributed by atoms with van der Waals surface area (Å²) < 4.78 is 34.8. The Hall–Kier alpha value is -1.05. The van der Waals surface area contributed by atoms with Crippen molar-refractivity contribution >= 4 is 21.5 Å². The van der Waals surface area contributed by atoms with Gasteiger partial charge in [-0.05, 0) is 36.6 Å². The summed E-state index contributed by atoms with van der Waals surface area (Å²) in [7, 11) is -4.48. The number of benzene rings is 2. The van der Waals surface area contributed by atoms with Crippen LogP contribution < -0.4 is 39.8 Å². The molecule has 0 spiro atoms. The van der Waals surface area contributed by atoms with Crippen molar-refractivity contribution < 1.29 is 42.5 Å². The molecular formula is C29H43N2NaO3S. The summed E-state index contributed by atoms with van der Waals surface area (Å²) in [6, 6.07) is 14.8. The minimum atomic E-state index is -4.48. The maximum atomic E-state index is 11.6. The Labute approximate surface area is 241 Å². The molecule has 2 aromatic carbocycles. The van der Waals surface area contributed by atoms with E-state index in [4.69, 9.17) is 0 Å². The van der Waals surface area contributed by atoms with Gasteiger partial charge in [0.2, 0.25) is 0 Å². The molecule has 5 nitrogen and oxygen atoms in total. The Morgan fingerprint density at radius 1 is 0.806 bits per heavy atom. The van der Waals surface area contributed by atoms with E-state index in [2.05, 4.69) is 29.3 Å². The average molecular weight is 523 g/mol. The van der Waals surface area contributed by atoms with Crippen LogP contribution >= 0.6 is 0 Å². The van der Waals surface area contributed by atoms with Crippen LogP contribution in [0.15, 0.2) is 53.4 Å². The number of fused-ring (bicyclic) bond motifs is 1. The summed E-state index contributed by atoms with van der Waals surface area (Å²) in [5.74, 6) is 0. The van der Waals surface area contributed by atoms with Crippen LogP contribution in [0.2, 0.25) is 0 Å². The van der Waals surface area contributed by atoms with Gasteiger partial charge in [-0.2, -0.15) is 0 Å². The predicted octanol–water partition coefficient (Wildman–Crippen LogP) is 4.83. The van der Waals surface area contributed by atoms with Gasteiger partial charge < -0.3 is 14.8 Å². The second-order valence-electron chi connectivity index (χ2n) is 9.94. The Balaban J connectivity index is 0.00000456. The van der Waals surface area contributed by atoms with Crippen molar-refractivity contribution in [1.29, 1.82) is 0 Å². The molecule has 0 saturated carbocycles. The van der Waals surface area contributed by atoms with Gasteiger partial charge in [0, 0.05) is 6.54 Å². The smallest absolute Gasteiger partial charge is 0.744 e. The average Bonchev–Trinajstić information content (AvgIpc) is 3.18. The Kier molecular flexibility index (Phi) is 14.5. The fraction of sp³-hybridized carbons (Fsp3) is 0.586. The van der Waals surface area contributed by atoms with Crippen molar-refractivity contribution in [3.8, 4) is 0 Å². The van der Waals surface area contributed by atoms with E-state index in [0.29, 0.717) is 6.54 Å². The molecule has 1 unspecified atom stereocenters. The number of hydrogen-bond donors (Lipinski definition) is 1. The zero-order valence-electron chi connectivity index (χ0n) is 22.4. The number of hydrogen-bond acceptors (Lipinski definition) is 5. The summed E-state index contributed by atoms with van der Waals surface area (Å²) in [5.41, 5.74) is 2.85. The fourth-order valence-corrected chi connectivity index (χ4v) is 5.50. The van der Waals surface area contributed by atoms with E-state index in [0.717, 1.165) is 29.8 Å². The first-order chi connectivity index (χ1) is 17.0. The van der Waals surface area contributed by atoms with Crippen molar-refractivity contribution in [3.05, 3.63) is 54.1 Å². The number of unbranched alkanes of at least 4 members (excludes halogenated alkanes) is 12. The van der Waals surface area contributed by atoms with Crippen LogP contribution in [0, 0.1) is 0 Å². The quantitative estimate of drug-likeness (QED) is 0.183. The van der Waals surface area contributed by atoms with Crippen LogP contribution in [0.5, 0.6) is 0 Å². The van der Waals surface area contributed by atoms with Gasteiger partial charge in [-0.3, -0.25) is 0 Å². The summed E-state index contributed by atoms with van der Waals surface area (Å²) in [6.45, 7) is 2.94. The Morgan fingerprint density at radius 3 is 1.92 bits per heavy atom. The van der Waals surface area contributed by atoms with Crippen LogP contribution in [-0.2, 0) is 16.7 Å². The van der Waals surface area contributed by atoms with E-state index >= 15 is 0 Å². The van der Waals surface area contributed by atoms with E-state index in [1.54, 1.807) is 6.07 Å². The van der Waals surface area contributed by atoms with E-state index in [9.17, 15) is 13.0 Å². The molecule has 0 amide bonds. The SMILES string of the molecule is CCCCCCCCCCCCCCCC1Nc2ccc(S(=O)(=O)[O-])cc2N1Cc1ccccc1.[Na+].